The van der Waals surface area contributed by atoms with Crippen LogP contribution in [0.5, 0.6) is 0 Å². The van der Waals surface area contributed by atoms with Crippen LogP contribution in [0.4, 0.5) is 4.39 Å². The van der Waals surface area contributed by atoms with Gasteiger partial charge in [0.15, 0.2) is 0 Å². The van der Waals surface area contributed by atoms with Gasteiger partial charge < -0.3 is 4.74 Å². The Bertz CT molecular complexity index is 410. The molecule has 0 saturated heterocycles. The lowest BCUT2D eigenvalue weighted by atomic mass is 10.1. The Labute approximate surface area is 109 Å². The summed E-state index contributed by atoms with van der Waals surface area (Å²) in [6.07, 6.45) is 0.747. The van der Waals surface area contributed by atoms with E-state index >= 15 is 0 Å². The Kier molecular flexibility index (Phi) is 4.69. The molecular formula is C13H16BrFO2. The van der Waals surface area contributed by atoms with Crippen molar-refractivity contribution in [3.63, 3.8) is 0 Å². The lowest BCUT2D eigenvalue weighted by Gasteiger charge is -2.19. The van der Waals surface area contributed by atoms with Gasteiger partial charge in [0.2, 0.25) is 0 Å². The van der Waals surface area contributed by atoms with Crippen molar-refractivity contribution in [2.24, 2.45) is 0 Å². The lowest BCUT2D eigenvalue weighted by molar-refractivity contribution is -0.154. The fraction of sp³-hybridized carbons (Fsp3) is 0.462. The van der Waals surface area contributed by atoms with Crippen molar-refractivity contribution in [3.05, 3.63) is 34.1 Å². The van der Waals surface area contributed by atoms with Crippen LogP contribution in [0.2, 0.25) is 0 Å². The predicted octanol–water partition coefficient (Wildman–Crippen LogP) is 3.86. The summed E-state index contributed by atoms with van der Waals surface area (Å²) in [7, 11) is 0. The number of aryl methyl sites for hydroxylation is 1. The number of hydrogen-bond donors (Lipinski definition) is 0. The fourth-order valence-corrected chi connectivity index (χ4v) is 1.58. The summed E-state index contributed by atoms with van der Waals surface area (Å²) < 4.78 is 18.8. The highest BCUT2D eigenvalue weighted by Gasteiger charge is 2.16. The SMILES string of the molecule is CC(C)(C)OC(=O)CCc1ccc(Br)c(F)c1. The van der Waals surface area contributed by atoms with Gasteiger partial charge in [-0.3, -0.25) is 4.79 Å². The zero-order chi connectivity index (χ0) is 13.1. The number of hydrogen-bond acceptors (Lipinski definition) is 2. The van der Waals surface area contributed by atoms with E-state index in [9.17, 15) is 9.18 Å². The van der Waals surface area contributed by atoms with Gasteiger partial charge in [-0.25, -0.2) is 4.39 Å². The van der Waals surface area contributed by atoms with Crippen molar-refractivity contribution in [1.29, 1.82) is 0 Å². The summed E-state index contributed by atoms with van der Waals surface area (Å²) in [5.41, 5.74) is 0.318. The molecule has 0 aliphatic heterocycles. The molecule has 0 radical (unpaired) electrons. The molecule has 17 heavy (non-hydrogen) atoms. The van der Waals surface area contributed by atoms with Crippen LogP contribution in [0.1, 0.15) is 32.8 Å². The zero-order valence-corrected chi connectivity index (χ0v) is 11.8. The van der Waals surface area contributed by atoms with Gasteiger partial charge in [0.1, 0.15) is 11.4 Å². The van der Waals surface area contributed by atoms with E-state index in [1.807, 2.05) is 20.8 Å². The Morgan fingerprint density at radius 2 is 2.06 bits per heavy atom. The first-order valence-corrected chi connectivity index (χ1v) is 6.23. The first-order valence-electron chi connectivity index (χ1n) is 5.44. The monoisotopic (exact) mass is 302 g/mol. The van der Waals surface area contributed by atoms with Gasteiger partial charge >= 0.3 is 5.97 Å². The van der Waals surface area contributed by atoms with E-state index in [1.54, 1.807) is 12.1 Å². The van der Waals surface area contributed by atoms with Crippen LogP contribution in [0.25, 0.3) is 0 Å². The highest BCUT2D eigenvalue weighted by atomic mass is 79.9. The second-order valence-corrected chi connectivity index (χ2v) is 5.69. The van der Waals surface area contributed by atoms with Crippen molar-refractivity contribution in [1.82, 2.24) is 0 Å². The van der Waals surface area contributed by atoms with E-state index in [2.05, 4.69) is 15.9 Å². The number of benzene rings is 1. The number of ether oxygens (including phenoxy) is 1. The third kappa shape index (κ3) is 5.31. The topological polar surface area (TPSA) is 26.3 Å². The van der Waals surface area contributed by atoms with Gasteiger partial charge in [0, 0.05) is 6.42 Å². The zero-order valence-electron chi connectivity index (χ0n) is 10.2. The average Bonchev–Trinajstić information content (AvgIpc) is 2.17. The van der Waals surface area contributed by atoms with Gasteiger partial charge in [0.25, 0.3) is 0 Å². The third-order valence-electron chi connectivity index (χ3n) is 2.02. The summed E-state index contributed by atoms with van der Waals surface area (Å²) in [5, 5.41) is 0. The molecular weight excluding hydrogens is 287 g/mol. The van der Waals surface area contributed by atoms with Gasteiger partial charge in [0.05, 0.1) is 4.47 Å². The van der Waals surface area contributed by atoms with Crippen LogP contribution < -0.4 is 0 Å². The van der Waals surface area contributed by atoms with E-state index in [4.69, 9.17) is 4.74 Å². The molecule has 0 atom stereocenters. The molecule has 94 valence electrons. The Hall–Kier alpha value is -0.900. The summed E-state index contributed by atoms with van der Waals surface area (Å²) in [4.78, 5) is 11.5. The molecule has 1 aromatic carbocycles. The second-order valence-electron chi connectivity index (χ2n) is 4.83. The van der Waals surface area contributed by atoms with Gasteiger partial charge in [-0.1, -0.05) is 6.07 Å². The highest BCUT2D eigenvalue weighted by Crippen LogP contribution is 2.17. The highest BCUT2D eigenvalue weighted by molar-refractivity contribution is 9.10. The second kappa shape index (κ2) is 5.63. The fourth-order valence-electron chi connectivity index (χ4n) is 1.33. The first kappa shape index (κ1) is 14.2. The van der Waals surface area contributed by atoms with Crippen LogP contribution >= 0.6 is 15.9 Å². The molecule has 0 aliphatic carbocycles. The Morgan fingerprint density at radius 1 is 1.41 bits per heavy atom. The van der Waals surface area contributed by atoms with E-state index < -0.39 is 5.60 Å². The van der Waals surface area contributed by atoms with E-state index in [-0.39, 0.29) is 18.2 Å². The van der Waals surface area contributed by atoms with Crippen molar-refractivity contribution >= 4 is 21.9 Å². The molecule has 0 aliphatic rings. The molecule has 0 amide bonds. The van der Waals surface area contributed by atoms with Crippen LogP contribution in [0.3, 0.4) is 0 Å². The molecule has 0 spiro atoms. The average molecular weight is 303 g/mol. The Morgan fingerprint density at radius 3 is 2.59 bits per heavy atom. The number of halogens is 2. The molecule has 0 heterocycles. The van der Waals surface area contributed by atoms with Gasteiger partial charge in [-0.15, -0.1) is 0 Å². The molecule has 0 aromatic heterocycles. The summed E-state index contributed by atoms with van der Waals surface area (Å²) in [6.45, 7) is 5.47. The van der Waals surface area contributed by atoms with E-state index in [1.165, 1.54) is 6.07 Å². The molecule has 1 rings (SSSR count). The predicted molar refractivity (Wildman–Crippen MR) is 68.3 cm³/mol. The molecule has 0 bridgehead atoms. The minimum Gasteiger partial charge on any atom is -0.460 e. The maximum atomic E-state index is 13.2. The number of rotatable bonds is 3. The van der Waals surface area contributed by atoms with Crippen molar-refractivity contribution < 1.29 is 13.9 Å². The summed E-state index contributed by atoms with van der Waals surface area (Å²) in [5.74, 6) is -0.576. The molecule has 0 unspecified atom stereocenters. The molecule has 2 nitrogen and oxygen atoms in total. The molecule has 0 saturated carbocycles. The molecule has 0 fully saturated rings. The number of carbonyl (C=O) groups is 1. The van der Waals surface area contributed by atoms with Crippen LogP contribution in [0.15, 0.2) is 22.7 Å². The molecule has 4 heteroatoms. The Balaban J connectivity index is 2.50. The van der Waals surface area contributed by atoms with E-state index in [0.717, 1.165) is 5.56 Å². The minimum absolute atomic E-state index is 0.262. The standard InChI is InChI=1S/C13H16BrFO2/c1-13(2,3)17-12(16)7-5-9-4-6-10(14)11(15)8-9/h4,6,8H,5,7H2,1-3H3. The quantitative estimate of drug-likeness (QED) is 0.793. The van der Waals surface area contributed by atoms with Crippen molar-refractivity contribution in [3.8, 4) is 0 Å². The third-order valence-corrected chi connectivity index (χ3v) is 2.66. The summed E-state index contributed by atoms with van der Waals surface area (Å²) >= 11 is 3.08. The van der Waals surface area contributed by atoms with Crippen LogP contribution in [0, 0.1) is 5.82 Å². The first-order chi connectivity index (χ1) is 7.78. The van der Waals surface area contributed by atoms with Crippen molar-refractivity contribution in [2.45, 2.75) is 39.2 Å². The minimum atomic E-state index is -0.470. The van der Waals surface area contributed by atoms with Crippen LogP contribution in [-0.4, -0.2) is 11.6 Å². The smallest absolute Gasteiger partial charge is 0.306 e. The van der Waals surface area contributed by atoms with Crippen molar-refractivity contribution in [2.75, 3.05) is 0 Å². The summed E-state index contributed by atoms with van der Waals surface area (Å²) in [6, 6.07) is 4.85. The van der Waals surface area contributed by atoms with Crippen LogP contribution in [-0.2, 0) is 16.0 Å². The van der Waals surface area contributed by atoms with Gasteiger partial charge in [-0.05, 0) is 60.8 Å². The maximum absolute atomic E-state index is 13.2. The molecule has 0 N–H and O–H groups in total. The van der Waals surface area contributed by atoms with E-state index in [0.29, 0.717) is 10.9 Å². The number of carbonyl (C=O) groups excluding carboxylic acids is 1. The molecule has 1 aromatic rings. The number of esters is 1. The lowest BCUT2D eigenvalue weighted by Crippen LogP contribution is -2.24. The largest absolute Gasteiger partial charge is 0.460 e. The van der Waals surface area contributed by atoms with Gasteiger partial charge in [-0.2, -0.15) is 0 Å². The normalized spacial score (nSPS) is 11.4. The maximum Gasteiger partial charge on any atom is 0.306 e.